The van der Waals surface area contributed by atoms with Crippen LogP contribution in [-0.4, -0.2) is 22.3 Å². The maximum atomic E-state index is 12.6. The molecule has 0 unspecified atom stereocenters. The van der Waals surface area contributed by atoms with E-state index in [2.05, 4.69) is 0 Å². The van der Waals surface area contributed by atoms with Gasteiger partial charge in [-0.3, -0.25) is 4.79 Å². The Hall–Kier alpha value is -1.56. The predicted octanol–water partition coefficient (Wildman–Crippen LogP) is 2.49. The maximum absolute atomic E-state index is 12.6. The molecule has 104 valence electrons. The highest BCUT2D eigenvalue weighted by atomic mass is 19.4. The topological polar surface area (TPSA) is 57.5 Å². The first-order valence-corrected chi connectivity index (χ1v) is 5.76. The Bertz CT molecular complexity index is 516. The number of carboxylic acid groups (broad SMARTS) is 1. The van der Waals surface area contributed by atoms with E-state index < -0.39 is 29.2 Å². The van der Waals surface area contributed by atoms with Gasteiger partial charge in [-0.25, -0.2) is 0 Å². The largest absolute Gasteiger partial charge is 0.481 e. The number of benzene rings is 1. The second kappa shape index (κ2) is 4.23. The molecule has 19 heavy (non-hydrogen) atoms. The van der Waals surface area contributed by atoms with Gasteiger partial charge in [-0.05, 0) is 43.0 Å². The molecule has 0 amide bonds. The van der Waals surface area contributed by atoms with Crippen LogP contribution in [0.3, 0.4) is 0 Å². The van der Waals surface area contributed by atoms with Crippen LogP contribution in [0, 0.1) is 6.92 Å². The van der Waals surface area contributed by atoms with E-state index in [9.17, 15) is 28.2 Å². The molecule has 2 N–H and O–H groups in total. The molecule has 0 aromatic heterocycles. The highest BCUT2D eigenvalue weighted by molar-refractivity contribution is 5.83. The van der Waals surface area contributed by atoms with Crippen molar-refractivity contribution in [2.75, 3.05) is 0 Å². The van der Waals surface area contributed by atoms with Gasteiger partial charge >= 0.3 is 12.1 Å². The molecule has 0 saturated heterocycles. The average Bonchev–Trinajstić information content (AvgIpc) is 2.23. The summed E-state index contributed by atoms with van der Waals surface area (Å²) < 4.78 is 37.7. The number of aliphatic hydroxyl groups is 1. The van der Waals surface area contributed by atoms with Crippen LogP contribution in [0.2, 0.25) is 0 Å². The van der Waals surface area contributed by atoms with Crippen molar-refractivity contribution in [1.29, 1.82) is 0 Å². The lowest BCUT2D eigenvalue weighted by Crippen LogP contribution is -2.51. The highest BCUT2D eigenvalue weighted by Gasteiger charge is 2.52. The molecule has 1 aromatic carbocycles. The van der Waals surface area contributed by atoms with Crippen LogP contribution in [0.15, 0.2) is 18.2 Å². The molecule has 0 heterocycles. The summed E-state index contributed by atoms with van der Waals surface area (Å²) in [5.41, 5.74) is -1.43. The van der Waals surface area contributed by atoms with E-state index >= 15 is 0 Å². The maximum Gasteiger partial charge on any atom is 0.416 e. The Labute approximate surface area is 107 Å². The number of aliphatic hydroxyl groups excluding tert-OH is 1. The van der Waals surface area contributed by atoms with Gasteiger partial charge in [0, 0.05) is 0 Å². The number of carbonyl (C=O) groups is 1. The summed E-state index contributed by atoms with van der Waals surface area (Å²) in [6.45, 7) is 1.46. The van der Waals surface area contributed by atoms with Crippen molar-refractivity contribution in [2.45, 2.75) is 37.5 Å². The molecule has 3 nitrogen and oxygen atoms in total. The predicted molar refractivity (Wildman–Crippen MR) is 60.7 cm³/mol. The number of hydrogen-bond donors (Lipinski definition) is 2. The van der Waals surface area contributed by atoms with Gasteiger partial charge in [0.1, 0.15) is 0 Å². The van der Waals surface area contributed by atoms with Crippen molar-refractivity contribution >= 4 is 5.97 Å². The first-order chi connectivity index (χ1) is 8.67. The first-order valence-electron chi connectivity index (χ1n) is 5.76. The Kier molecular flexibility index (Phi) is 3.09. The number of aryl methyl sites for hydroxylation is 1. The van der Waals surface area contributed by atoms with Crippen LogP contribution in [0.5, 0.6) is 0 Å². The molecule has 0 aliphatic heterocycles. The fraction of sp³-hybridized carbons (Fsp3) is 0.462. The minimum atomic E-state index is -4.45. The minimum absolute atomic E-state index is 0.0362. The monoisotopic (exact) mass is 274 g/mol. The third-order valence-corrected chi connectivity index (χ3v) is 3.65. The van der Waals surface area contributed by atoms with Crippen molar-refractivity contribution in [3.8, 4) is 0 Å². The molecule has 0 atom stereocenters. The second-order valence-corrected chi connectivity index (χ2v) is 4.98. The molecule has 1 aliphatic rings. The van der Waals surface area contributed by atoms with Crippen LogP contribution < -0.4 is 0 Å². The van der Waals surface area contributed by atoms with Gasteiger partial charge in [-0.1, -0.05) is 6.07 Å². The molecule has 1 aliphatic carbocycles. The summed E-state index contributed by atoms with van der Waals surface area (Å²) in [6.07, 6.45) is -5.08. The van der Waals surface area contributed by atoms with Crippen molar-refractivity contribution in [2.24, 2.45) is 0 Å². The molecule has 0 radical (unpaired) electrons. The van der Waals surface area contributed by atoms with E-state index in [1.54, 1.807) is 0 Å². The molecule has 0 bridgehead atoms. The van der Waals surface area contributed by atoms with Gasteiger partial charge in [-0.2, -0.15) is 13.2 Å². The molecule has 1 aromatic rings. The van der Waals surface area contributed by atoms with E-state index in [1.165, 1.54) is 13.0 Å². The van der Waals surface area contributed by atoms with Gasteiger partial charge in [-0.15, -0.1) is 0 Å². The molecule has 6 heteroatoms. The number of alkyl halides is 3. The second-order valence-electron chi connectivity index (χ2n) is 4.98. The number of carboxylic acids is 1. The number of rotatable bonds is 2. The molecule has 0 spiro atoms. The zero-order valence-electron chi connectivity index (χ0n) is 10.2. The fourth-order valence-electron chi connectivity index (χ4n) is 2.63. The Balaban J connectivity index is 2.44. The quantitative estimate of drug-likeness (QED) is 0.871. The lowest BCUT2D eigenvalue weighted by atomic mass is 9.61. The van der Waals surface area contributed by atoms with E-state index in [-0.39, 0.29) is 18.4 Å². The van der Waals surface area contributed by atoms with Gasteiger partial charge < -0.3 is 10.2 Å². The normalized spacial score (nSPS) is 26.9. The van der Waals surface area contributed by atoms with Crippen molar-refractivity contribution < 1.29 is 28.2 Å². The third-order valence-electron chi connectivity index (χ3n) is 3.65. The third kappa shape index (κ3) is 2.20. The summed E-state index contributed by atoms with van der Waals surface area (Å²) in [7, 11) is 0. The van der Waals surface area contributed by atoms with Crippen LogP contribution in [0.25, 0.3) is 0 Å². The Morgan fingerprint density at radius 3 is 2.32 bits per heavy atom. The van der Waals surface area contributed by atoms with Crippen molar-refractivity contribution in [1.82, 2.24) is 0 Å². The van der Waals surface area contributed by atoms with E-state index in [1.807, 2.05) is 0 Å². The summed E-state index contributed by atoms with van der Waals surface area (Å²) >= 11 is 0. The first kappa shape index (κ1) is 13.9. The molecule has 2 rings (SSSR count). The zero-order valence-corrected chi connectivity index (χ0v) is 10.2. The van der Waals surface area contributed by atoms with Crippen molar-refractivity contribution in [3.63, 3.8) is 0 Å². The van der Waals surface area contributed by atoms with Crippen molar-refractivity contribution in [3.05, 3.63) is 34.9 Å². The van der Waals surface area contributed by atoms with Crippen LogP contribution >= 0.6 is 0 Å². The molecular formula is C13H13F3O3. The summed E-state index contributed by atoms with van der Waals surface area (Å²) in [5.74, 6) is -1.11. The van der Waals surface area contributed by atoms with E-state index in [0.29, 0.717) is 5.56 Å². The number of hydrogen-bond acceptors (Lipinski definition) is 2. The lowest BCUT2D eigenvalue weighted by Gasteiger charge is -2.43. The molecule has 1 fully saturated rings. The molecule has 1 saturated carbocycles. The Morgan fingerprint density at radius 2 is 1.95 bits per heavy atom. The van der Waals surface area contributed by atoms with Crippen LogP contribution in [-0.2, 0) is 16.4 Å². The van der Waals surface area contributed by atoms with Gasteiger partial charge in [0.15, 0.2) is 0 Å². The standard InChI is InChI=1S/C13H13F3O3/c1-7-4-8(13(14,15)16)2-3-10(7)12(11(18)19)5-9(17)6-12/h2-4,9,17H,5-6H2,1H3,(H,18,19). The van der Waals surface area contributed by atoms with Crippen LogP contribution in [0.4, 0.5) is 13.2 Å². The number of halogens is 3. The lowest BCUT2D eigenvalue weighted by molar-refractivity contribution is -0.153. The summed E-state index contributed by atoms with van der Waals surface area (Å²) in [6, 6.07) is 3.04. The fourth-order valence-corrected chi connectivity index (χ4v) is 2.63. The highest BCUT2D eigenvalue weighted by Crippen LogP contribution is 2.46. The van der Waals surface area contributed by atoms with Gasteiger partial charge in [0.05, 0.1) is 17.1 Å². The summed E-state index contributed by atoms with van der Waals surface area (Å²) in [4.78, 5) is 11.4. The average molecular weight is 274 g/mol. The van der Waals surface area contributed by atoms with E-state index in [0.717, 1.165) is 12.1 Å². The number of aliphatic carboxylic acids is 1. The van der Waals surface area contributed by atoms with Gasteiger partial charge in [0.2, 0.25) is 0 Å². The van der Waals surface area contributed by atoms with Gasteiger partial charge in [0.25, 0.3) is 0 Å². The zero-order chi connectivity index (χ0) is 14.4. The van der Waals surface area contributed by atoms with E-state index in [4.69, 9.17) is 0 Å². The Morgan fingerprint density at radius 1 is 1.37 bits per heavy atom. The minimum Gasteiger partial charge on any atom is -0.481 e. The smallest absolute Gasteiger partial charge is 0.416 e. The van der Waals surface area contributed by atoms with Crippen LogP contribution in [0.1, 0.15) is 29.5 Å². The molecular weight excluding hydrogens is 261 g/mol. The SMILES string of the molecule is Cc1cc(C(F)(F)F)ccc1C1(C(=O)O)CC(O)C1. The summed E-state index contributed by atoms with van der Waals surface area (Å²) in [5, 5.41) is 18.6.